The number of rotatable bonds is 1. The smallest absolute Gasteiger partial charge is 0.251 e. The minimum absolute atomic E-state index is 0.179. The Bertz CT molecular complexity index is 603. The van der Waals surface area contributed by atoms with Gasteiger partial charge in [-0.2, -0.15) is 0 Å². The first-order chi connectivity index (χ1) is 7.16. The summed E-state index contributed by atoms with van der Waals surface area (Å²) in [5.74, 6) is 0. The van der Waals surface area contributed by atoms with Crippen LogP contribution in [-0.4, -0.2) is 9.55 Å². The van der Waals surface area contributed by atoms with E-state index in [9.17, 15) is 4.79 Å². The van der Waals surface area contributed by atoms with Crippen molar-refractivity contribution in [1.29, 1.82) is 0 Å². The lowest BCUT2D eigenvalue weighted by Crippen LogP contribution is -2.09. The summed E-state index contributed by atoms with van der Waals surface area (Å²) in [4.78, 5) is 13.6. The van der Waals surface area contributed by atoms with Crippen LogP contribution in [0.1, 0.15) is 0 Å². The van der Waals surface area contributed by atoms with E-state index in [0.29, 0.717) is 4.77 Å². The first kappa shape index (κ1) is 10.6. The van der Waals surface area contributed by atoms with Gasteiger partial charge in [0.2, 0.25) is 0 Å². The molecule has 0 aliphatic carbocycles. The number of benzene rings is 1. The molecule has 0 fully saturated rings. The second-order valence-electron chi connectivity index (χ2n) is 2.96. The summed E-state index contributed by atoms with van der Waals surface area (Å²) >= 11 is 7.30. The van der Waals surface area contributed by atoms with E-state index in [1.807, 2.05) is 24.3 Å². The number of halogens is 1. The molecule has 0 amide bonds. The Labute approximate surface area is 105 Å². The molecule has 5 heteroatoms. The van der Waals surface area contributed by atoms with Gasteiger partial charge >= 0.3 is 0 Å². The van der Waals surface area contributed by atoms with E-state index < -0.39 is 0 Å². The largest absolute Gasteiger partial charge is 0.299 e. The Balaban J connectivity index is 2.64. The first-order valence-electron chi connectivity index (χ1n) is 4.25. The lowest BCUT2D eigenvalue weighted by molar-refractivity contribution is 0.936. The average Bonchev–Trinajstić information content (AvgIpc) is 2.17. The molecule has 0 saturated carbocycles. The highest BCUT2D eigenvalue weighted by Gasteiger charge is 1.97. The standard InChI is InChI=1S/C10H7IN2OS/c11-7-2-1-3-8(6-7)13-5-4-9(14)12-10(13)15/h1-6H,(H,12,14,15). The van der Waals surface area contributed by atoms with Crippen molar-refractivity contribution < 1.29 is 0 Å². The summed E-state index contributed by atoms with van der Waals surface area (Å²) in [5.41, 5.74) is 0.769. The highest BCUT2D eigenvalue weighted by molar-refractivity contribution is 14.1. The number of hydrogen-bond acceptors (Lipinski definition) is 2. The predicted octanol–water partition coefficient (Wildman–Crippen LogP) is 2.50. The molecule has 0 aliphatic rings. The van der Waals surface area contributed by atoms with Crippen molar-refractivity contribution >= 4 is 34.8 Å². The zero-order valence-electron chi connectivity index (χ0n) is 7.61. The average molecular weight is 330 g/mol. The molecule has 76 valence electrons. The Hall–Kier alpha value is -0.950. The number of aromatic nitrogens is 2. The minimum atomic E-state index is -0.179. The summed E-state index contributed by atoms with van der Waals surface area (Å²) in [6.07, 6.45) is 1.67. The van der Waals surface area contributed by atoms with Gasteiger partial charge < -0.3 is 0 Å². The number of hydrogen-bond donors (Lipinski definition) is 1. The van der Waals surface area contributed by atoms with Crippen LogP contribution in [0.5, 0.6) is 0 Å². The third kappa shape index (κ3) is 2.35. The summed E-state index contributed by atoms with van der Waals surface area (Å²) in [6.45, 7) is 0. The van der Waals surface area contributed by atoms with Gasteiger partial charge in [-0.15, -0.1) is 0 Å². The molecular formula is C10H7IN2OS. The van der Waals surface area contributed by atoms with Crippen LogP contribution >= 0.6 is 34.8 Å². The normalized spacial score (nSPS) is 10.2. The molecule has 0 saturated heterocycles. The van der Waals surface area contributed by atoms with E-state index in [1.54, 1.807) is 10.8 Å². The quantitative estimate of drug-likeness (QED) is 0.644. The van der Waals surface area contributed by atoms with Gasteiger partial charge in [-0.3, -0.25) is 14.3 Å². The van der Waals surface area contributed by atoms with Gasteiger partial charge in [0.05, 0.1) is 0 Å². The van der Waals surface area contributed by atoms with Crippen LogP contribution in [0.2, 0.25) is 0 Å². The molecule has 0 bridgehead atoms. The zero-order valence-corrected chi connectivity index (χ0v) is 10.6. The molecule has 1 aromatic carbocycles. The maximum Gasteiger partial charge on any atom is 0.251 e. The van der Waals surface area contributed by atoms with E-state index in [0.717, 1.165) is 9.26 Å². The topological polar surface area (TPSA) is 37.8 Å². The predicted molar refractivity (Wildman–Crippen MR) is 69.9 cm³/mol. The van der Waals surface area contributed by atoms with Crippen LogP contribution in [0.15, 0.2) is 41.3 Å². The Kier molecular flexibility index (Phi) is 3.01. The van der Waals surface area contributed by atoms with Crippen molar-refractivity contribution in [3.63, 3.8) is 0 Å². The monoisotopic (exact) mass is 330 g/mol. The lowest BCUT2D eigenvalue weighted by Gasteiger charge is -2.05. The molecular weight excluding hydrogens is 323 g/mol. The summed E-state index contributed by atoms with van der Waals surface area (Å²) in [5, 5.41) is 0. The fourth-order valence-electron chi connectivity index (χ4n) is 1.25. The maximum atomic E-state index is 11.0. The molecule has 0 radical (unpaired) electrons. The van der Waals surface area contributed by atoms with Gasteiger partial charge in [0, 0.05) is 21.5 Å². The number of nitrogens with one attached hydrogen (secondary N) is 1. The van der Waals surface area contributed by atoms with Gasteiger partial charge in [0.15, 0.2) is 4.77 Å². The van der Waals surface area contributed by atoms with Crippen molar-refractivity contribution in [2.45, 2.75) is 0 Å². The van der Waals surface area contributed by atoms with E-state index in [2.05, 4.69) is 27.6 Å². The van der Waals surface area contributed by atoms with E-state index in [-0.39, 0.29) is 5.56 Å². The molecule has 1 heterocycles. The summed E-state index contributed by atoms with van der Waals surface area (Å²) in [7, 11) is 0. The molecule has 1 N–H and O–H groups in total. The number of H-pyrrole nitrogens is 1. The molecule has 2 rings (SSSR count). The second-order valence-corrected chi connectivity index (χ2v) is 4.59. The highest BCUT2D eigenvalue weighted by atomic mass is 127. The third-order valence-corrected chi connectivity index (χ3v) is 2.88. The van der Waals surface area contributed by atoms with Crippen molar-refractivity contribution in [2.75, 3.05) is 0 Å². The van der Waals surface area contributed by atoms with Crippen molar-refractivity contribution in [3.8, 4) is 5.69 Å². The molecule has 15 heavy (non-hydrogen) atoms. The van der Waals surface area contributed by atoms with Crippen molar-refractivity contribution in [2.24, 2.45) is 0 Å². The zero-order chi connectivity index (χ0) is 10.8. The molecule has 0 atom stereocenters. The first-order valence-corrected chi connectivity index (χ1v) is 5.73. The SMILES string of the molecule is O=c1ccn(-c2cccc(I)c2)c(=S)[nH]1. The molecule has 2 aromatic rings. The maximum absolute atomic E-state index is 11.0. The van der Waals surface area contributed by atoms with Crippen LogP contribution in [-0.2, 0) is 0 Å². The summed E-state index contributed by atoms with van der Waals surface area (Å²) < 4.78 is 3.29. The summed E-state index contributed by atoms with van der Waals surface area (Å²) in [6, 6.07) is 9.34. The Morgan fingerprint density at radius 2 is 2.13 bits per heavy atom. The van der Waals surface area contributed by atoms with Crippen LogP contribution in [0, 0.1) is 8.34 Å². The van der Waals surface area contributed by atoms with Gasteiger partial charge in [0.1, 0.15) is 0 Å². The molecule has 0 unspecified atom stereocenters. The fourth-order valence-corrected chi connectivity index (χ4v) is 2.04. The van der Waals surface area contributed by atoms with Gasteiger partial charge in [-0.05, 0) is 53.0 Å². The fraction of sp³-hybridized carbons (Fsp3) is 0. The molecule has 1 aromatic heterocycles. The van der Waals surface area contributed by atoms with Crippen LogP contribution < -0.4 is 5.56 Å². The van der Waals surface area contributed by atoms with E-state index in [4.69, 9.17) is 12.2 Å². The van der Waals surface area contributed by atoms with E-state index >= 15 is 0 Å². The Morgan fingerprint density at radius 1 is 1.33 bits per heavy atom. The molecule has 0 spiro atoms. The van der Waals surface area contributed by atoms with Crippen LogP contribution in [0.3, 0.4) is 0 Å². The lowest BCUT2D eigenvalue weighted by atomic mass is 10.3. The van der Waals surface area contributed by atoms with Gasteiger partial charge in [-0.1, -0.05) is 6.07 Å². The van der Waals surface area contributed by atoms with Crippen LogP contribution in [0.25, 0.3) is 5.69 Å². The minimum Gasteiger partial charge on any atom is -0.299 e. The highest BCUT2D eigenvalue weighted by Crippen LogP contribution is 2.11. The molecule has 0 aliphatic heterocycles. The van der Waals surface area contributed by atoms with Gasteiger partial charge in [0.25, 0.3) is 5.56 Å². The van der Waals surface area contributed by atoms with Crippen molar-refractivity contribution in [1.82, 2.24) is 9.55 Å². The van der Waals surface area contributed by atoms with E-state index in [1.165, 1.54) is 6.07 Å². The third-order valence-electron chi connectivity index (χ3n) is 1.91. The van der Waals surface area contributed by atoms with Crippen molar-refractivity contribution in [3.05, 3.63) is 55.2 Å². The van der Waals surface area contributed by atoms with Crippen LogP contribution in [0.4, 0.5) is 0 Å². The Morgan fingerprint density at radius 3 is 2.80 bits per heavy atom. The van der Waals surface area contributed by atoms with Gasteiger partial charge in [-0.25, -0.2) is 0 Å². The molecule has 3 nitrogen and oxygen atoms in total. The second kappa shape index (κ2) is 4.28. The number of nitrogens with zero attached hydrogens (tertiary/aromatic N) is 1. The number of aromatic amines is 1.